The monoisotopic (exact) mass is 460 g/mol. The van der Waals surface area contributed by atoms with E-state index in [0.717, 1.165) is 0 Å². The van der Waals surface area contributed by atoms with Crippen LogP contribution in [0.5, 0.6) is 0 Å². The molecule has 142 valence electrons. The van der Waals surface area contributed by atoms with Crippen LogP contribution < -0.4 is 0 Å². The van der Waals surface area contributed by atoms with Crippen LogP contribution in [0.2, 0.25) is 31.4 Å². The minimum atomic E-state index is -2.30. The van der Waals surface area contributed by atoms with Gasteiger partial charge in [-0.3, -0.25) is 0 Å². The summed E-state index contributed by atoms with van der Waals surface area (Å²) in [5, 5.41) is 0.614. The predicted molar refractivity (Wildman–Crippen MR) is 116 cm³/mol. The van der Waals surface area contributed by atoms with Crippen molar-refractivity contribution in [3.8, 4) is 0 Å². The van der Waals surface area contributed by atoms with E-state index in [1.54, 1.807) is 0 Å². The van der Waals surface area contributed by atoms with Gasteiger partial charge in [-0.1, -0.05) is 0 Å². The molecule has 0 aliphatic carbocycles. The van der Waals surface area contributed by atoms with Crippen LogP contribution in [0.25, 0.3) is 0 Å². The fourth-order valence-corrected chi connectivity index (χ4v) is 18.8. The molecule has 0 saturated carbocycles. The SMILES string of the molecule is CCC[CH2][Sn](/[CH]=C\C(=O)[Si](C)(C)C(C)(C)C)([CH2]CCC)[CH2]CCC. The normalized spacial score (nSPS) is 13.7. The van der Waals surface area contributed by atoms with Crippen LogP contribution in [0.4, 0.5) is 0 Å². The Balaban J connectivity index is 5.42. The van der Waals surface area contributed by atoms with E-state index in [1.807, 2.05) is 0 Å². The van der Waals surface area contributed by atoms with Crippen LogP contribution in [0, 0.1) is 0 Å². The third-order valence-corrected chi connectivity index (χ3v) is 25.4. The molecule has 0 amide bonds. The molecule has 3 heteroatoms. The van der Waals surface area contributed by atoms with Crippen LogP contribution in [0.3, 0.4) is 0 Å². The molecule has 24 heavy (non-hydrogen) atoms. The van der Waals surface area contributed by atoms with Gasteiger partial charge in [0.2, 0.25) is 0 Å². The summed E-state index contributed by atoms with van der Waals surface area (Å²) in [4.78, 5) is 13.0. The minimum absolute atomic E-state index is 0.142. The summed E-state index contributed by atoms with van der Waals surface area (Å²) in [5.41, 5.74) is 0. The Morgan fingerprint density at radius 2 is 1.25 bits per heavy atom. The quantitative estimate of drug-likeness (QED) is 0.218. The molecule has 0 spiro atoms. The van der Waals surface area contributed by atoms with Crippen LogP contribution in [-0.2, 0) is 4.79 Å². The van der Waals surface area contributed by atoms with Crippen molar-refractivity contribution >= 4 is 31.9 Å². The van der Waals surface area contributed by atoms with E-state index in [1.165, 1.54) is 51.8 Å². The molecular formula is C21H44OSiSn. The van der Waals surface area contributed by atoms with Gasteiger partial charge in [0, 0.05) is 0 Å². The van der Waals surface area contributed by atoms with Gasteiger partial charge in [-0.2, -0.15) is 0 Å². The maximum atomic E-state index is 13.0. The zero-order valence-corrected chi connectivity index (χ0v) is 21.8. The van der Waals surface area contributed by atoms with Crippen molar-refractivity contribution in [2.75, 3.05) is 0 Å². The van der Waals surface area contributed by atoms with E-state index in [9.17, 15) is 4.79 Å². The molecule has 0 heterocycles. The fraction of sp³-hybridized carbons (Fsp3) is 0.857. The average molecular weight is 459 g/mol. The second kappa shape index (κ2) is 11.2. The first-order valence-corrected chi connectivity index (χ1v) is 21.0. The van der Waals surface area contributed by atoms with Crippen LogP contribution in [0.1, 0.15) is 80.1 Å². The first-order chi connectivity index (χ1) is 11.1. The molecule has 0 atom stereocenters. The van der Waals surface area contributed by atoms with E-state index in [0.29, 0.717) is 5.41 Å². The Labute approximate surface area is 158 Å². The summed E-state index contributed by atoms with van der Waals surface area (Å²) in [6.45, 7) is 18.1. The van der Waals surface area contributed by atoms with E-state index in [2.05, 4.69) is 64.8 Å². The van der Waals surface area contributed by atoms with Crippen molar-refractivity contribution < 1.29 is 4.79 Å². The number of carbonyl (C=O) groups excluding carboxylic acids is 1. The molecule has 0 N–H and O–H groups in total. The fourth-order valence-electron chi connectivity index (χ4n) is 3.04. The van der Waals surface area contributed by atoms with Gasteiger partial charge >= 0.3 is 158 Å². The first kappa shape index (κ1) is 24.4. The molecule has 0 aliphatic heterocycles. The Kier molecular flexibility index (Phi) is 11.4. The molecule has 0 aromatic heterocycles. The summed E-state index contributed by atoms with van der Waals surface area (Å²) in [6, 6.07) is 0. The van der Waals surface area contributed by atoms with Crippen molar-refractivity contribution in [1.82, 2.24) is 0 Å². The van der Waals surface area contributed by atoms with Crippen LogP contribution in [0.15, 0.2) is 10.2 Å². The molecule has 0 saturated heterocycles. The Morgan fingerprint density at radius 1 is 0.875 bits per heavy atom. The third-order valence-electron chi connectivity index (χ3n) is 6.16. The number of hydrogen-bond acceptors (Lipinski definition) is 1. The molecule has 0 aromatic rings. The van der Waals surface area contributed by atoms with Crippen molar-refractivity contribution in [3.05, 3.63) is 10.2 Å². The van der Waals surface area contributed by atoms with Crippen LogP contribution >= 0.6 is 0 Å². The zero-order chi connectivity index (χ0) is 18.9. The van der Waals surface area contributed by atoms with Crippen molar-refractivity contribution in [1.29, 1.82) is 0 Å². The third kappa shape index (κ3) is 7.76. The van der Waals surface area contributed by atoms with Crippen molar-refractivity contribution in [2.45, 2.75) is 112 Å². The van der Waals surface area contributed by atoms with Gasteiger partial charge in [0.05, 0.1) is 0 Å². The summed E-state index contributed by atoms with van der Waals surface area (Å²) in [6.07, 6.45) is 10.1. The van der Waals surface area contributed by atoms with Crippen molar-refractivity contribution in [2.24, 2.45) is 0 Å². The van der Waals surface area contributed by atoms with Gasteiger partial charge in [0.15, 0.2) is 0 Å². The van der Waals surface area contributed by atoms with Gasteiger partial charge in [-0.15, -0.1) is 0 Å². The standard InChI is InChI=1S/C9H17OSi.3C4H9.Sn/c1-7-8(10)11(5,6)9(2,3)4;3*1-3-4-2;/h1,7H,2-6H3;3*1,3-4H2,2H3;. The van der Waals surface area contributed by atoms with E-state index in [-0.39, 0.29) is 5.04 Å². The van der Waals surface area contributed by atoms with Gasteiger partial charge < -0.3 is 0 Å². The molecule has 1 nitrogen and oxygen atoms in total. The van der Waals surface area contributed by atoms with Crippen molar-refractivity contribution in [3.63, 3.8) is 0 Å². The summed E-state index contributed by atoms with van der Waals surface area (Å²) in [7, 11) is -1.89. The van der Waals surface area contributed by atoms with Crippen LogP contribution in [-0.4, -0.2) is 31.9 Å². The molecule has 0 bridgehead atoms. The van der Waals surface area contributed by atoms with E-state index in [4.69, 9.17) is 0 Å². The predicted octanol–water partition coefficient (Wildman–Crippen LogP) is 7.55. The van der Waals surface area contributed by atoms with Gasteiger partial charge in [0.25, 0.3) is 0 Å². The van der Waals surface area contributed by atoms with Gasteiger partial charge in [0.1, 0.15) is 0 Å². The summed E-state index contributed by atoms with van der Waals surface area (Å²) < 4.78 is 6.91. The molecule has 0 rings (SSSR count). The maximum absolute atomic E-state index is 13.0. The average Bonchev–Trinajstić information content (AvgIpc) is 2.52. The number of carbonyl (C=O) groups is 1. The molecular weight excluding hydrogens is 415 g/mol. The van der Waals surface area contributed by atoms with E-state index < -0.39 is 26.5 Å². The molecule has 0 fully saturated rings. The second-order valence-corrected chi connectivity index (χ2v) is 27.5. The zero-order valence-electron chi connectivity index (χ0n) is 17.9. The first-order valence-electron chi connectivity index (χ1n) is 10.3. The number of hydrogen-bond donors (Lipinski definition) is 0. The van der Waals surface area contributed by atoms with Gasteiger partial charge in [-0.05, 0) is 0 Å². The number of allylic oxidation sites excluding steroid dienone is 1. The number of rotatable bonds is 12. The van der Waals surface area contributed by atoms with E-state index >= 15 is 0 Å². The second-order valence-electron chi connectivity index (χ2n) is 9.25. The number of unbranched alkanes of at least 4 members (excludes halogenated alkanes) is 3. The summed E-state index contributed by atoms with van der Waals surface area (Å²) >= 11 is -2.30. The molecule has 0 radical (unpaired) electrons. The Morgan fingerprint density at radius 3 is 1.54 bits per heavy atom. The Bertz CT molecular complexity index is 371. The molecule has 0 aromatic carbocycles. The Hall–Kier alpha value is 0.426. The van der Waals surface area contributed by atoms with Gasteiger partial charge in [-0.25, -0.2) is 0 Å². The molecule has 0 aliphatic rings. The summed E-state index contributed by atoms with van der Waals surface area (Å²) in [5.74, 6) is 0. The topological polar surface area (TPSA) is 17.1 Å². The molecule has 0 unspecified atom stereocenters.